The fourth-order valence-electron chi connectivity index (χ4n) is 2.24. The van der Waals surface area contributed by atoms with Gasteiger partial charge in [0, 0.05) is 26.2 Å². The Bertz CT molecular complexity index is 624. The van der Waals surface area contributed by atoms with E-state index >= 15 is 0 Å². The van der Waals surface area contributed by atoms with E-state index in [1.54, 1.807) is 0 Å². The first-order valence-electron chi connectivity index (χ1n) is 7.46. The van der Waals surface area contributed by atoms with Gasteiger partial charge in [0.25, 0.3) is 0 Å². The van der Waals surface area contributed by atoms with Gasteiger partial charge in [-0.25, -0.2) is 0 Å². The summed E-state index contributed by atoms with van der Waals surface area (Å²) in [5, 5.41) is 9.38. The summed E-state index contributed by atoms with van der Waals surface area (Å²) in [4.78, 5) is 2.05. The summed E-state index contributed by atoms with van der Waals surface area (Å²) < 4.78 is 5.72. The molecule has 2 aromatic carbocycles. The van der Waals surface area contributed by atoms with Gasteiger partial charge in [0.1, 0.15) is 5.75 Å². The Hall–Kier alpha value is -2.47. The minimum Gasteiger partial charge on any atom is -0.494 e. The van der Waals surface area contributed by atoms with Crippen LogP contribution in [-0.4, -0.2) is 20.7 Å². The average Bonchev–Trinajstić information content (AvgIpc) is 2.53. The maximum Gasteiger partial charge on any atom is 0.119 e. The number of nitrogens with zero attached hydrogens (tertiary/aromatic N) is 2. The Balaban J connectivity index is 1.92. The molecule has 2 aromatic rings. The van der Waals surface area contributed by atoms with Crippen molar-refractivity contribution in [1.29, 1.82) is 5.26 Å². The van der Waals surface area contributed by atoms with Crippen LogP contribution in [0, 0.1) is 18.3 Å². The highest BCUT2D eigenvalue weighted by Crippen LogP contribution is 2.22. The second-order valence-electron chi connectivity index (χ2n) is 5.62. The fourth-order valence-corrected chi connectivity index (χ4v) is 2.24. The highest BCUT2D eigenvalue weighted by Gasteiger charge is 2.11. The largest absolute Gasteiger partial charge is 0.494 e. The molecule has 0 heterocycles. The van der Waals surface area contributed by atoms with Crippen molar-refractivity contribution in [3.8, 4) is 11.8 Å². The van der Waals surface area contributed by atoms with E-state index in [9.17, 15) is 5.26 Å². The molecule has 0 saturated carbocycles. The number of nitriles is 1. The van der Waals surface area contributed by atoms with E-state index in [0.717, 1.165) is 17.0 Å². The number of anilines is 1. The Morgan fingerprint density at radius 2 is 1.68 bits per heavy atom. The molecular formula is C19H22N2O. The zero-order valence-corrected chi connectivity index (χ0v) is 13.4. The van der Waals surface area contributed by atoms with Crippen molar-refractivity contribution in [3.63, 3.8) is 0 Å². The first kappa shape index (κ1) is 15.9. The van der Waals surface area contributed by atoms with Gasteiger partial charge in [-0.1, -0.05) is 29.8 Å². The molecule has 0 radical (unpaired) electrons. The van der Waals surface area contributed by atoms with Crippen molar-refractivity contribution < 1.29 is 4.74 Å². The van der Waals surface area contributed by atoms with Crippen LogP contribution >= 0.6 is 0 Å². The Morgan fingerprint density at radius 3 is 2.23 bits per heavy atom. The second-order valence-corrected chi connectivity index (χ2v) is 5.62. The van der Waals surface area contributed by atoms with E-state index in [1.807, 2.05) is 74.4 Å². The van der Waals surface area contributed by atoms with Crippen molar-refractivity contribution in [2.24, 2.45) is 0 Å². The van der Waals surface area contributed by atoms with Gasteiger partial charge in [-0.3, -0.25) is 0 Å². The van der Waals surface area contributed by atoms with Crippen molar-refractivity contribution >= 4 is 5.69 Å². The summed E-state index contributed by atoms with van der Waals surface area (Å²) >= 11 is 0. The summed E-state index contributed by atoms with van der Waals surface area (Å²) in [5.74, 6) is 0.715. The molecule has 0 N–H and O–H groups in total. The van der Waals surface area contributed by atoms with Gasteiger partial charge in [0.15, 0.2) is 0 Å². The number of rotatable bonds is 6. The van der Waals surface area contributed by atoms with Crippen LogP contribution in [0.15, 0.2) is 48.5 Å². The topological polar surface area (TPSA) is 36.3 Å². The average molecular weight is 294 g/mol. The summed E-state index contributed by atoms with van der Waals surface area (Å²) in [7, 11) is 4.01. The molecular weight excluding hydrogens is 272 g/mol. The van der Waals surface area contributed by atoms with E-state index in [-0.39, 0.29) is 5.92 Å². The second kappa shape index (κ2) is 7.51. The van der Waals surface area contributed by atoms with Gasteiger partial charge in [-0.15, -0.1) is 0 Å². The lowest BCUT2D eigenvalue weighted by atomic mass is 9.97. The van der Waals surface area contributed by atoms with E-state index < -0.39 is 0 Å². The molecule has 0 aliphatic rings. The van der Waals surface area contributed by atoms with Gasteiger partial charge in [-0.2, -0.15) is 5.26 Å². The predicted octanol–water partition coefficient (Wildman–Crippen LogP) is 4.14. The monoisotopic (exact) mass is 294 g/mol. The summed E-state index contributed by atoms with van der Waals surface area (Å²) in [6.07, 6.45) is 0.686. The standard InChI is InChI=1S/C19H22N2O/c1-15-4-10-19(11-5-15)22-13-12-17(14-20)16-6-8-18(9-7-16)21(2)3/h4-11,17H,12-13H2,1-3H3. The smallest absolute Gasteiger partial charge is 0.119 e. The number of ether oxygens (including phenoxy) is 1. The Labute approximate surface area is 132 Å². The Morgan fingerprint density at radius 1 is 1.05 bits per heavy atom. The number of benzene rings is 2. The van der Waals surface area contributed by atoms with E-state index in [1.165, 1.54) is 5.56 Å². The minimum absolute atomic E-state index is 0.137. The first-order valence-corrected chi connectivity index (χ1v) is 7.46. The third-order valence-electron chi connectivity index (χ3n) is 3.66. The minimum atomic E-state index is -0.137. The maximum atomic E-state index is 9.38. The number of aryl methyl sites for hydroxylation is 1. The lowest BCUT2D eigenvalue weighted by molar-refractivity contribution is 0.306. The van der Waals surface area contributed by atoms with Crippen LogP contribution in [0.2, 0.25) is 0 Å². The molecule has 0 aromatic heterocycles. The molecule has 0 aliphatic heterocycles. The molecule has 0 fully saturated rings. The highest BCUT2D eigenvalue weighted by molar-refractivity contribution is 5.47. The van der Waals surface area contributed by atoms with E-state index in [4.69, 9.17) is 4.74 Å². The van der Waals surface area contributed by atoms with Crippen molar-refractivity contribution in [2.75, 3.05) is 25.6 Å². The van der Waals surface area contributed by atoms with E-state index in [2.05, 4.69) is 6.07 Å². The molecule has 0 bridgehead atoms. The lowest BCUT2D eigenvalue weighted by Crippen LogP contribution is -2.09. The maximum absolute atomic E-state index is 9.38. The molecule has 0 aliphatic carbocycles. The van der Waals surface area contributed by atoms with Gasteiger partial charge in [0.05, 0.1) is 18.6 Å². The molecule has 0 amide bonds. The predicted molar refractivity (Wildman–Crippen MR) is 90.4 cm³/mol. The summed E-state index contributed by atoms with van der Waals surface area (Å²) in [5.41, 5.74) is 3.39. The molecule has 3 heteroatoms. The van der Waals surface area contributed by atoms with Crippen LogP contribution < -0.4 is 9.64 Å². The SMILES string of the molecule is Cc1ccc(OCCC(C#N)c2ccc(N(C)C)cc2)cc1. The third kappa shape index (κ3) is 4.26. The highest BCUT2D eigenvalue weighted by atomic mass is 16.5. The summed E-state index contributed by atoms with van der Waals surface area (Å²) in [6.45, 7) is 2.59. The van der Waals surface area contributed by atoms with Gasteiger partial charge in [-0.05, 0) is 36.8 Å². The van der Waals surface area contributed by atoms with Crippen LogP contribution in [0.1, 0.15) is 23.5 Å². The lowest BCUT2D eigenvalue weighted by Gasteiger charge is -2.15. The molecule has 114 valence electrons. The first-order chi connectivity index (χ1) is 10.6. The molecule has 0 saturated heterocycles. The van der Waals surface area contributed by atoms with Crippen molar-refractivity contribution in [2.45, 2.75) is 19.3 Å². The van der Waals surface area contributed by atoms with Gasteiger partial charge in [0.2, 0.25) is 0 Å². The molecule has 2 rings (SSSR count). The molecule has 1 unspecified atom stereocenters. The zero-order chi connectivity index (χ0) is 15.9. The van der Waals surface area contributed by atoms with Crippen LogP contribution in [-0.2, 0) is 0 Å². The van der Waals surface area contributed by atoms with Crippen LogP contribution in [0.25, 0.3) is 0 Å². The number of hydrogen-bond acceptors (Lipinski definition) is 3. The molecule has 0 spiro atoms. The van der Waals surface area contributed by atoms with Crippen molar-refractivity contribution in [1.82, 2.24) is 0 Å². The van der Waals surface area contributed by atoms with Crippen molar-refractivity contribution in [3.05, 3.63) is 59.7 Å². The van der Waals surface area contributed by atoms with Crippen LogP contribution in [0.5, 0.6) is 5.75 Å². The zero-order valence-electron chi connectivity index (χ0n) is 13.4. The summed E-state index contributed by atoms with van der Waals surface area (Å²) in [6, 6.07) is 18.5. The Kier molecular flexibility index (Phi) is 5.43. The van der Waals surface area contributed by atoms with Gasteiger partial charge >= 0.3 is 0 Å². The third-order valence-corrected chi connectivity index (χ3v) is 3.66. The molecule has 22 heavy (non-hydrogen) atoms. The number of hydrogen-bond donors (Lipinski definition) is 0. The van der Waals surface area contributed by atoms with Gasteiger partial charge < -0.3 is 9.64 Å². The fraction of sp³-hybridized carbons (Fsp3) is 0.316. The molecule has 1 atom stereocenters. The normalized spacial score (nSPS) is 11.5. The van der Waals surface area contributed by atoms with E-state index in [0.29, 0.717) is 13.0 Å². The molecule has 3 nitrogen and oxygen atoms in total. The quantitative estimate of drug-likeness (QED) is 0.803. The van der Waals surface area contributed by atoms with Crippen LogP contribution in [0.3, 0.4) is 0 Å². The van der Waals surface area contributed by atoms with Crippen LogP contribution in [0.4, 0.5) is 5.69 Å².